The van der Waals surface area contributed by atoms with Crippen molar-refractivity contribution < 1.29 is 4.79 Å². The average Bonchev–Trinajstić information content (AvgIpc) is 2.45. The molecule has 0 saturated heterocycles. The van der Waals surface area contributed by atoms with Gasteiger partial charge in [-0.1, -0.05) is 32.0 Å². The van der Waals surface area contributed by atoms with Crippen molar-refractivity contribution in [1.82, 2.24) is 9.88 Å². The highest BCUT2D eigenvalue weighted by Gasteiger charge is 2.09. The number of carbonyl (C=O) groups excluding carboxylic acids is 1. The molecule has 0 spiro atoms. The topological polar surface area (TPSA) is 45.2 Å². The second-order valence-corrected chi connectivity index (χ2v) is 4.39. The minimum absolute atomic E-state index is 0.00172. The van der Waals surface area contributed by atoms with E-state index in [2.05, 4.69) is 29.0 Å². The van der Waals surface area contributed by atoms with Crippen molar-refractivity contribution in [2.75, 3.05) is 25.0 Å². The van der Waals surface area contributed by atoms with E-state index in [0.29, 0.717) is 6.54 Å². The molecular formula is C15H19N3O. The Morgan fingerprint density at radius 3 is 2.68 bits per heavy atom. The lowest BCUT2D eigenvalue weighted by molar-refractivity contribution is -0.117. The molecule has 0 aliphatic heterocycles. The van der Waals surface area contributed by atoms with Crippen LogP contribution in [0.3, 0.4) is 0 Å². The Balaban J connectivity index is 2.15. The van der Waals surface area contributed by atoms with Gasteiger partial charge in [0.1, 0.15) is 0 Å². The largest absolute Gasteiger partial charge is 0.323 e. The number of nitrogens with one attached hydrogen (secondary N) is 1. The lowest BCUT2D eigenvalue weighted by Gasteiger charge is -2.17. The second-order valence-electron chi connectivity index (χ2n) is 4.39. The number of benzene rings is 1. The SMILES string of the molecule is CCN(CC)CC(=O)Nc1cccc2cccnc12. The number of fused-ring (bicyclic) bond motifs is 1. The van der Waals surface area contributed by atoms with Crippen molar-refractivity contribution in [1.29, 1.82) is 0 Å². The first kappa shape index (κ1) is 13.5. The normalized spacial score (nSPS) is 10.9. The highest BCUT2D eigenvalue weighted by atomic mass is 16.2. The molecule has 0 atom stereocenters. The molecule has 0 aliphatic carbocycles. The number of pyridine rings is 1. The van der Waals surface area contributed by atoms with Crippen molar-refractivity contribution in [2.24, 2.45) is 0 Å². The van der Waals surface area contributed by atoms with E-state index >= 15 is 0 Å². The van der Waals surface area contributed by atoms with E-state index in [1.54, 1.807) is 6.20 Å². The summed E-state index contributed by atoms with van der Waals surface area (Å²) in [6.07, 6.45) is 1.74. The maximum Gasteiger partial charge on any atom is 0.238 e. The van der Waals surface area contributed by atoms with Gasteiger partial charge in [0, 0.05) is 11.6 Å². The van der Waals surface area contributed by atoms with Crippen molar-refractivity contribution in [3.8, 4) is 0 Å². The van der Waals surface area contributed by atoms with Gasteiger partial charge in [0.25, 0.3) is 0 Å². The molecule has 0 fully saturated rings. The Kier molecular flexibility index (Phi) is 4.47. The van der Waals surface area contributed by atoms with E-state index in [4.69, 9.17) is 0 Å². The summed E-state index contributed by atoms with van der Waals surface area (Å²) in [7, 11) is 0. The van der Waals surface area contributed by atoms with E-state index in [0.717, 1.165) is 29.7 Å². The van der Waals surface area contributed by atoms with Crippen molar-refractivity contribution >= 4 is 22.5 Å². The number of anilines is 1. The van der Waals surface area contributed by atoms with Crippen LogP contribution in [0.5, 0.6) is 0 Å². The van der Waals surface area contributed by atoms with E-state index in [1.807, 2.05) is 30.3 Å². The summed E-state index contributed by atoms with van der Waals surface area (Å²) >= 11 is 0. The quantitative estimate of drug-likeness (QED) is 0.895. The molecule has 100 valence electrons. The predicted octanol–water partition coefficient (Wildman–Crippen LogP) is 2.52. The molecule has 1 aromatic carbocycles. The number of nitrogens with zero attached hydrogens (tertiary/aromatic N) is 2. The van der Waals surface area contributed by atoms with Crippen molar-refractivity contribution in [2.45, 2.75) is 13.8 Å². The summed E-state index contributed by atoms with van der Waals surface area (Å²) < 4.78 is 0. The molecule has 0 bridgehead atoms. The predicted molar refractivity (Wildman–Crippen MR) is 78.2 cm³/mol. The summed E-state index contributed by atoms with van der Waals surface area (Å²) in [6, 6.07) is 9.68. The lowest BCUT2D eigenvalue weighted by atomic mass is 10.2. The fourth-order valence-corrected chi connectivity index (χ4v) is 2.05. The van der Waals surface area contributed by atoms with Gasteiger partial charge in [-0.3, -0.25) is 14.7 Å². The van der Waals surface area contributed by atoms with Crippen LogP contribution in [0, 0.1) is 0 Å². The smallest absolute Gasteiger partial charge is 0.238 e. The first-order chi connectivity index (χ1) is 9.24. The van der Waals surface area contributed by atoms with E-state index in [-0.39, 0.29) is 5.91 Å². The summed E-state index contributed by atoms with van der Waals surface area (Å²) in [5.74, 6) is 0.00172. The van der Waals surface area contributed by atoms with E-state index < -0.39 is 0 Å². The average molecular weight is 257 g/mol. The van der Waals surface area contributed by atoms with E-state index in [9.17, 15) is 4.79 Å². The first-order valence-corrected chi connectivity index (χ1v) is 6.60. The van der Waals surface area contributed by atoms with Gasteiger partial charge >= 0.3 is 0 Å². The van der Waals surface area contributed by atoms with Gasteiger partial charge in [0.05, 0.1) is 17.7 Å². The van der Waals surface area contributed by atoms with Gasteiger partial charge in [-0.15, -0.1) is 0 Å². The molecule has 2 rings (SSSR count). The van der Waals surface area contributed by atoms with Crippen LogP contribution >= 0.6 is 0 Å². The minimum Gasteiger partial charge on any atom is -0.323 e. The second kappa shape index (κ2) is 6.29. The number of para-hydroxylation sites is 1. The molecule has 0 unspecified atom stereocenters. The van der Waals surface area contributed by atoms with Crippen molar-refractivity contribution in [3.05, 3.63) is 36.5 Å². The third-order valence-electron chi connectivity index (χ3n) is 3.17. The fraction of sp³-hybridized carbons (Fsp3) is 0.333. The molecule has 1 N–H and O–H groups in total. The number of carbonyl (C=O) groups is 1. The highest BCUT2D eigenvalue weighted by molar-refractivity contribution is 6.00. The Hall–Kier alpha value is -1.94. The number of amides is 1. The first-order valence-electron chi connectivity index (χ1n) is 6.60. The maximum atomic E-state index is 12.0. The van der Waals surface area contributed by atoms with Crippen LogP contribution in [0.4, 0.5) is 5.69 Å². The van der Waals surface area contributed by atoms with Gasteiger partial charge < -0.3 is 5.32 Å². The fourth-order valence-electron chi connectivity index (χ4n) is 2.05. The van der Waals surface area contributed by atoms with Crippen LogP contribution < -0.4 is 5.32 Å². The third-order valence-corrected chi connectivity index (χ3v) is 3.17. The monoisotopic (exact) mass is 257 g/mol. The molecule has 0 aliphatic rings. The molecule has 0 radical (unpaired) electrons. The lowest BCUT2D eigenvalue weighted by Crippen LogP contribution is -2.32. The molecule has 4 heteroatoms. The highest BCUT2D eigenvalue weighted by Crippen LogP contribution is 2.20. The molecule has 4 nitrogen and oxygen atoms in total. The maximum absolute atomic E-state index is 12.0. The Labute approximate surface area is 113 Å². The van der Waals surface area contributed by atoms with Gasteiger partial charge in [-0.25, -0.2) is 0 Å². The third kappa shape index (κ3) is 3.29. The summed E-state index contributed by atoms with van der Waals surface area (Å²) in [5.41, 5.74) is 1.60. The minimum atomic E-state index is 0.00172. The number of likely N-dealkylation sites (N-methyl/N-ethyl adjacent to an activating group) is 1. The Morgan fingerprint density at radius 2 is 1.95 bits per heavy atom. The van der Waals surface area contributed by atoms with Crippen molar-refractivity contribution in [3.63, 3.8) is 0 Å². The summed E-state index contributed by atoms with van der Waals surface area (Å²) in [6.45, 7) is 6.26. The van der Waals surface area contributed by atoms with Gasteiger partial charge in [0.15, 0.2) is 0 Å². The standard InChI is InChI=1S/C15H19N3O/c1-3-18(4-2)11-14(19)17-13-9-5-7-12-8-6-10-16-15(12)13/h5-10H,3-4,11H2,1-2H3,(H,17,19). The molecule has 1 heterocycles. The van der Waals surface area contributed by atoms with Crippen LogP contribution in [0.25, 0.3) is 10.9 Å². The molecule has 2 aromatic rings. The van der Waals surface area contributed by atoms with Crippen LogP contribution in [-0.2, 0) is 4.79 Å². The molecule has 0 saturated carbocycles. The van der Waals surface area contributed by atoms with E-state index in [1.165, 1.54) is 0 Å². The zero-order valence-corrected chi connectivity index (χ0v) is 11.4. The van der Waals surface area contributed by atoms with Gasteiger partial charge in [0.2, 0.25) is 5.91 Å². The van der Waals surface area contributed by atoms with Crippen LogP contribution in [0.2, 0.25) is 0 Å². The van der Waals surface area contributed by atoms with Gasteiger partial charge in [-0.05, 0) is 25.2 Å². The molecule has 1 aromatic heterocycles. The summed E-state index contributed by atoms with van der Waals surface area (Å²) in [4.78, 5) is 18.4. The Morgan fingerprint density at radius 1 is 1.21 bits per heavy atom. The zero-order chi connectivity index (χ0) is 13.7. The van der Waals surface area contributed by atoms with Crippen LogP contribution in [0.1, 0.15) is 13.8 Å². The van der Waals surface area contributed by atoms with Gasteiger partial charge in [-0.2, -0.15) is 0 Å². The number of hydrogen-bond donors (Lipinski definition) is 1. The number of hydrogen-bond acceptors (Lipinski definition) is 3. The number of rotatable bonds is 5. The molecule has 19 heavy (non-hydrogen) atoms. The summed E-state index contributed by atoms with van der Waals surface area (Å²) in [5, 5.41) is 3.97. The van der Waals surface area contributed by atoms with Crippen LogP contribution in [-0.4, -0.2) is 35.4 Å². The zero-order valence-electron chi connectivity index (χ0n) is 11.4. The molecular weight excluding hydrogens is 238 g/mol. The number of aromatic nitrogens is 1. The van der Waals surface area contributed by atoms with Crippen LogP contribution in [0.15, 0.2) is 36.5 Å². The molecule has 1 amide bonds. The Bertz CT molecular complexity index is 559.